The molecule has 0 unspecified atom stereocenters. The summed E-state index contributed by atoms with van der Waals surface area (Å²) in [4.78, 5) is 15.3. The molecule has 0 saturated carbocycles. The fourth-order valence-corrected chi connectivity index (χ4v) is 0.985. The lowest BCUT2D eigenvalue weighted by atomic mass is 10.5. The predicted octanol–water partition coefficient (Wildman–Crippen LogP) is -0.682. The standard InChI is InChI=1S/C5H14N2OSi/c1-3-7(4-2)5(8)6-9/h3-4H2,1-2,9H3,(H,6,8). The third kappa shape index (κ3) is 2.50. The minimum atomic E-state index is 0.0617. The van der Waals surface area contributed by atoms with Crippen molar-refractivity contribution >= 4 is 16.4 Å². The van der Waals surface area contributed by atoms with Crippen molar-refractivity contribution in [1.82, 2.24) is 9.88 Å². The summed E-state index contributed by atoms with van der Waals surface area (Å²) in [6.07, 6.45) is 0. The number of hydrogen-bond donors (Lipinski definition) is 1. The first-order valence-corrected chi connectivity index (χ1v) is 4.22. The van der Waals surface area contributed by atoms with Gasteiger partial charge in [-0.2, -0.15) is 0 Å². The molecular formula is C5H14N2OSi. The van der Waals surface area contributed by atoms with Gasteiger partial charge in [0.25, 0.3) is 0 Å². The molecule has 54 valence electrons. The molecule has 1 N–H and O–H groups in total. The van der Waals surface area contributed by atoms with Gasteiger partial charge in [-0.05, 0) is 13.8 Å². The fourth-order valence-electron chi connectivity index (χ4n) is 0.669. The van der Waals surface area contributed by atoms with Crippen molar-refractivity contribution in [3.8, 4) is 0 Å². The molecule has 0 fully saturated rings. The van der Waals surface area contributed by atoms with E-state index in [1.54, 1.807) is 4.90 Å². The van der Waals surface area contributed by atoms with Gasteiger partial charge in [-0.25, -0.2) is 4.79 Å². The van der Waals surface area contributed by atoms with E-state index in [4.69, 9.17) is 0 Å². The molecule has 0 heterocycles. The van der Waals surface area contributed by atoms with Crippen molar-refractivity contribution in [2.24, 2.45) is 0 Å². The van der Waals surface area contributed by atoms with Gasteiger partial charge in [-0.15, -0.1) is 0 Å². The van der Waals surface area contributed by atoms with Crippen LogP contribution < -0.4 is 4.98 Å². The predicted molar refractivity (Wildman–Crippen MR) is 41.4 cm³/mol. The Labute approximate surface area is 58.9 Å². The second kappa shape index (κ2) is 4.37. The smallest absolute Gasteiger partial charge is 0.308 e. The van der Waals surface area contributed by atoms with E-state index in [0.29, 0.717) is 0 Å². The van der Waals surface area contributed by atoms with Crippen LogP contribution in [-0.2, 0) is 0 Å². The molecule has 0 spiro atoms. The zero-order valence-electron chi connectivity index (χ0n) is 6.27. The van der Waals surface area contributed by atoms with Crippen LogP contribution in [0.2, 0.25) is 0 Å². The maximum atomic E-state index is 10.8. The van der Waals surface area contributed by atoms with Crippen LogP contribution in [0, 0.1) is 0 Å². The third-order valence-corrected chi connectivity index (χ3v) is 1.69. The van der Waals surface area contributed by atoms with Gasteiger partial charge < -0.3 is 9.88 Å². The summed E-state index contributed by atoms with van der Waals surface area (Å²) < 4.78 is 0. The topological polar surface area (TPSA) is 32.3 Å². The number of nitrogens with zero attached hydrogens (tertiary/aromatic N) is 1. The molecule has 0 aliphatic carbocycles. The summed E-state index contributed by atoms with van der Waals surface area (Å²) in [7, 11) is 0.739. The first-order chi connectivity index (χ1) is 4.26. The van der Waals surface area contributed by atoms with Crippen LogP contribution >= 0.6 is 0 Å². The largest absolute Gasteiger partial charge is 0.373 e. The molecule has 0 rings (SSSR count). The minimum Gasteiger partial charge on any atom is -0.373 e. The van der Waals surface area contributed by atoms with Gasteiger partial charge in [-0.1, -0.05) is 0 Å². The minimum absolute atomic E-state index is 0.0617. The van der Waals surface area contributed by atoms with Gasteiger partial charge >= 0.3 is 6.03 Å². The van der Waals surface area contributed by atoms with Crippen LogP contribution in [0.25, 0.3) is 0 Å². The van der Waals surface area contributed by atoms with Crippen molar-refractivity contribution in [2.45, 2.75) is 13.8 Å². The molecule has 0 aromatic rings. The highest BCUT2D eigenvalue weighted by Gasteiger charge is 2.03. The molecule has 2 amide bonds. The molecule has 4 heteroatoms. The summed E-state index contributed by atoms with van der Waals surface area (Å²) in [5.74, 6) is 0. The summed E-state index contributed by atoms with van der Waals surface area (Å²) in [6.45, 7) is 5.54. The molecule has 9 heavy (non-hydrogen) atoms. The van der Waals surface area contributed by atoms with Crippen LogP contribution in [0.15, 0.2) is 0 Å². The first kappa shape index (κ1) is 8.49. The van der Waals surface area contributed by atoms with Gasteiger partial charge in [0, 0.05) is 13.1 Å². The number of hydrogen-bond acceptors (Lipinski definition) is 1. The summed E-state index contributed by atoms with van der Waals surface area (Å²) in [5.41, 5.74) is 0. The van der Waals surface area contributed by atoms with E-state index in [0.717, 1.165) is 23.5 Å². The molecule has 0 aromatic carbocycles. The Morgan fingerprint density at radius 2 is 2.00 bits per heavy atom. The summed E-state index contributed by atoms with van der Waals surface area (Å²) >= 11 is 0. The van der Waals surface area contributed by atoms with Crippen molar-refractivity contribution in [3.63, 3.8) is 0 Å². The first-order valence-electron chi connectivity index (χ1n) is 3.22. The average Bonchev–Trinajstić information content (AvgIpc) is 1.90. The summed E-state index contributed by atoms with van der Waals surface area (Å²) in [5, 5.41) is 0. The summed E-state index contributed by atoms with van der Waals surface area (Å²) in [6, 6.07) is 0.0617. The van der Waals surface area contributed by atoms with Crippen LogP contribution in [0.4, 0.5) is 4.79 Å². The Hall–Kier alpha value is -0.513. The molecule has 3 nitrogen and oxygen atoms in total. The maximum absolute atomic E-state index is 10.8. The van der Waals surface area contributed by atoms with Gasteiger partial charge in [-0.3, -0.25) is 0 Å². The lowest BCUT2D eigenvalue weighted by molar-refractivity contribution is 0.209. The van der Waals surface area contributed by atoms with Gasteiger partial charge in [0.15, 0.2) is 0 Å². The normalized spacial score (nSPS) is 9.11. The Kier molecular flexibility index (Phi) is 4.12. The molecule has 0 aromatic heterocycles. The molecule has 0 saturated heterocycles. The van der Waals surface area contributed by atoms with E-state index >= 15 is 0 Å². The highest BCUT2D eigenvalue weighted by molar-refractivity contribution is 6.13. The molecule has 0 bridgehead atoms. The van der Waals surface area contributed by atoms with Crippen molar-refractivity contribution in [3.05, 3.63) is 0 Å². The fraction of sp³-hybridized carbons (Fsp3) is 0.800. The monoisotopic (exact) mass is 146 g/mol. The molecule has 0 radical (unpaired) electrons. The number of nitrogens with one attached hydrogen (secondary N) is 1. The highest BCUT2D eigenvalue weighted by atomic mass is 28.2. The second-order valence-electron chi connectivity index (χ2n) is 1.73. The lowest BCUT2D eigenvalue weighted by Crippen LogP contribution is -2.38. The Bertz CT molecular complexity index is 93.0. The zero-order valence-corrected chi connectivity index (χ0v) is 8.27. The Morgan fingerprint density at radius 3 is 2.11 bits per heavy atom. The van der Waals surface area contributed by atoms with Gasteiger partial charge in [0.2, 0.25) is 0 Å². The highest BCUT2D eigenvalue weighted by Crippen LogP contribution is 1.85. The number of rotatable bonds is 2. The molecule has 0 atom stereocenters. The van der Waals surface area contributed by atoms with Gasteiger partial charge in [0.05, 0.1) is 0 Å². The Morgan fingerprint density at radius 1 is 1.56 bits per heavy atom. The lowest BCUT2D eigenvalue weighted by Gasteiger charge is -2.17. The molecular weight excluding hydrogens is 132 g/mol. The maximum Gasteiger partial charge on any atom is 0.308 e. The average molecular weight is 146 g/mol. The van der Waals surface area contributed by atoms with Crippen LogP contribution in [0.3, 0.4) is 0 Å². The van der Waals surface area contributed by atoms with Crippen LogP contribution in [-0.4, -0.2) is 34.4 Å². The van der Waals surface area contributed by atoms with E-state index in [9.17, 15) is 4.79 Å². The van der Waals surface area contributed by atoms with E-state index < -0.39 is 0 Å². The van der Waals surface area contributed by atoms with Crippen molar-refractivity contribution in [1.29, 1.82) is 0 Å². The number of urea groups is 1. The van der Waals surface area contributed by atoms with E-state index in [1.807, 2.05) is 13.8 Å². The number of carbonyl (C=O) groups excluding carboxylic acids is 1. The van der Waals surface area contributed by atoms with Crippen LogP contribution in [0.5, 0.6) is 0 Å². The Balaban J connectivity index is 3.64. The van der Waals surface area contributed by atoms with Gasteiger partial charge in [0.1, 0.15) is 10.4 Å². The SMILES string of the molecule is CCN(CC)C(=O)N[SiH3]. The van der Waals surface area contributed by atoms with E-state index in [1.165, 1.54) is 0 Å². The third-order valence-electron chi connectivity index (χ3n) is 1.26. The van der Waals surface area contributed by atoms with Crippen molar-refractivity contribution in [2.75, 3.05) is 13.1 Å². The quantitative estimate of drug-likeness (QED) is 0.514. The van der Waals surface area contributed by atoms with E-state index in [2.05, 4.69) is 4.98 Å². The van der Waals surface area contributed by atoms with Crippen molar-refractivity contribution < 1.29 is 4.79 Å². The number of amides is 2. The second-order valence-corrected chi connectivity index (χ2v) is 2.23. The van der Waals surface area contributed by atoms with Crippen LogP contribution in [0.1, 0.15) is 13.8 Å². The zero-order chi connectivity index (χ0) is 7.28. The number of carbonyl (C=O) groups is 1. The molecule has 0 aliphatic rings. The van der Waals surface area contributed by atoms with E-state index in [-0.39, 0.29) is 6.03 Å². The molecule has 0 aliphatic heterocycles.